The minimum atomic E-state index is -0.206. The fourth-order valence-corrected chi connectivity index (χ4v) is 4.52. The molecular weight excluding hydrogens is 353 g/mol. The smallest absolute Gasteiger partial charge is 0.278 e. The van der Waals surface area contributed by atoms with E-state index in [0.717, 1.165) is 51.1 Å². The third-order valence-electron chi connectivity index (χ3n) is 6.29. The van der Waals surface area contributed by atoms with E-state index in [0.29, 0.717) is 0 Å². The summed E-state index contributed by atoms with van der Waals surface area (Å²) in [4.78, 5) is 16.5. The molecule has 4 rings (SSSR count). The molecule has 148 valence electrons. The summed E-state index contributed by atoms with van der Waals surface area (Å²) in [7, 11) is 0. The molecule has 1 fully saturated rings. The second-order valence-corrected chi connectivity index (χ2v) is 8.00. The van der Waals surface area contributed by atoms with E-state index in [1.807, 2.05) is 19.1 Å². The van der Waals surface area contributed by atoms with Crippen molar-refractivity contribution in [2.45, 2.75) is 38.3 Å². The first kappa shape index (κ1) is 18.9. The second-order valence-electron chi connectivity index (χ2n) is 8.00. The molecule has 1 amide bonds. The molecular formula is C23H29FN3O+. The Morgan fingerprint density at radius 2 is 1.86 bits per heavy atom. The summed E-state index contributed by atoms with van der Waals surface area (Å²) in [5.41, 5.74) is 3.70. The molecule has 2 N–H and O–H groups in total. The lowest BCUT2D eigenvalue weighted by atomic mass is 9.87. The van der Waals surface area contributed by atoms with Gasteiger partial charge in [0.25, 0.3) is 5.91 Å². The summed E-state index contributed by atoms with van der Waals surface area (Å²) in [6, 6.07) is 15.2. The molecule has 2 aliphatic rings. The van der Waals surface area contributed by atoms with Gasteiger partial charge in [0.1, 0.15) is 5.82 Å². The third-order valence-corrected chi connectivity index (χ3v) is 6.29. The van der Waals surface area contributed by atoms with Crippen LogP contribution >= 0.6 is 0 Å². The fraction of sp³-hybridized carbons (Fsp3) is 0.435. The highest BCUT2D eigenvalue weighted by Crippen LogP contribution is 2.29. The molecule has 1 aliphatic heterocycles. The molecule has 2 atom stereocenters. The van der Waals surface area contributed by atoms with Crippen LogP contribution in [0.2, 0.25) is 0 Å². The Morgan fingerprint density at radius 1 is 1.14 bits per heavy atom. The molecule has 0 bridgehead atoms. The molecule has 1 saturated heterocycles. The minimum absolute atomic E-state index is 0.0653. The van der Waals surface area contributed by atoms with Gasteiger partial charge in [-0.3, -0.25) is 4.79 Å². The predicted octanol–water partition coefficient (Wildman–Crippen LogP) is 2.11. The van der Waals surface area contributed by atoms with Crippen LogP contribution in [-0.4, -0.2) is 38.1 Å². The van der Waals surface area contributed by atoms with Gasteiger partial charge in [0.05, 0.1) is 32.2 Å². The Morgan fingerprint density at radius 3 is 2.61 bits per heavy atom. The van der Waals surface area contributed by atoms with Gasteiger partial charge in [0, 0.05) is 5.69 Å². The van der Waals surface area contributed by atoms with Gasteiger partial charge in [0.2, 0.25) is 0 Å². The molecule has 1 heterocycles. The summed E-state index contributed by atoms with van der Waals surface area (Å²) < 4.78 is 13.1. The number of benzene rings is 2. The number of carbonyl (C=O) groups excluding carboxylic acids is 1. The van der Waals surface area contributed by atoms with Crippen LogP contribution < -0.4 is 15.1 Å². The van der Waals surface area contributed by atoms with Crippen molar-refractivity contribution in [1.29, 1.82) is 0 Å². The zero-order chi connectivity index (χ0) is 19.5. The van der Waals surface area contributed by atoms with E-state index in [-0.39, 0.29) is 23.8 Å². The van der Waals surface area contributed by atoms with Gasteiger partial charge in [-0.2, -0.15) is 0 Å². The first-order valence-electron chi connectivity index (χ1n) is 10.3. The van der Waals surface area contributed by atoms with Crippen molar-refractivity contribution in [2.75, 3.05) is 31.1 Å². The van der Waals surface area contributed by atoms with E-state index < -0.39 is 0 Å². The number of aryl methyl sites for hydroxylation is 1. The van der Waals surface area contributed by atoms with E-state index in [1.54, 1.807) is 0 Å². The maximum atomic E-state index is 13.1. The maximum Gasteiger partial charge on any atom is 0.278 e. The van der Waals surface area contributed by atoms with Crippen molar-refractivity contribution in [3.05, 3.63) is 65.5 Å². The van der Waals surface area contributed by atoms with Crippen LogP contribution in [0.25, 0.3) is 0 Å². The highest BCUT2D eigenvalue weighted by atomic mass is 19.1. The summed E-state index contributed by atoms with van der Waals surface area (Å²) >= 11 is 0. The molecule has 0 saturated carbocycles. The van der Waals surface area contributed by atoms with Gasteiger partial charge in [0.15, 0.2) is 6.04 Å². The van der Waals surface area contributed by atoms with Gasteiger partial charge >= 0.3 is 0 Å². The number of fused-ring (bicyclic) bond motifs is 1. The molecule has 1 aliphatic carbocycles. The van der Waals surface area contributed by atoms with Gasteiger partial charge in [-0.25, -0.2) is 4.39 Å². The zero-order valence-corrected chi connectivity index (χ0v) is 16.5. The number of anilines is 1. The number of piperazine rings is 1. The number of nitrogens with zero attached hydrogens (tertiary/aromatic N) is 1. The number of quaternary nitrogens is 1. The van der Waals surface area contributed by atoms with E-state index in [1.165, 1.54) is 28.2 Å². The number of halogens is 1. The van der Waals surface area contributed by atoms with E-state index >= 15 is 0 Å². The summed E-state index contributed by atoms with van der Waals surface area (Å²) in [5.74, 6) is -0.0606. The number of rotatable bonds is 4. The first-order valence-corrected chi connectivity index (χ1v) is 10.3. The third kappa shape index (κ3) is 4.04. The number of amides is 1. The Bertz CT molecular complexity index is 815. The predicted molar refractivity (Wildman–Crippen MR) is 109 cm³/mol. The van der Waals surface area contributed by atoms with Crippen LogP contribution in [0.1, 0.15) is 36.9 Å². The SMILES string of the molecule is C[C@@H](C(=O)N[C@H]1CCCc2ccccc21)[NH+]1CCN(c2ccc(F)cc2)CC1. The monoisotopic (exact) mass is 382 g/mol. The molecule has 2 aromatic rings. The summed E-state index contributed by atoms with van der Waals surface area (Å²) in [6.45, 7) is 5.61. The molecule has 0 aromatic heterocycles. The zero-order valence-electron chi connectivity index (χ0n) is 16.5. The molecule has 4 nitrogen and oxygen atoms in total. The normalized spacial score (nSPS) is 21.1. The average Bonchev–Trinajstić information content (AvgIpc) is 2.74. The first-order chi connectivity index (χ1) is 13.6. The molecule has 2 aromatic carbocycles. The number of nitrogens with one attached hydrogen (secondary N) is 2. The Hall–Kier alpha value is -2.40. The lowest BCUT2D eigenvalue weighted by molar-refractivity contribution is -0.914. The quantitative estimate of drug-likeness (QED) is 0.850. The summed E-state index contributed by atoms with van der Waals surface area (Å²) in [6.07, 6.45) is 3.25. The molecule has 0 spiro atoms. The van der Waals surface area contributed by atoms with Crippen molar-refractivity contribution < 1.29 is 14.1 Å². The molecule has 5 heteroatoms. The van der Waals surface area contributed by atoms with E-state index in [2.05, 4.69) is 34.5 Å². The van der Waals surface area contributed by atoms with Crippen LogP contribution in [0.15, 0.2) is 48.5 Å². The van der Waals surface area contributed by atoms with Crippen molar-refractivity contribution in [2.24, 2.45) is 0 Å². The van der Waals surface area contributed by atoms with Crippen molar-refractivity contribution >= 4 is 11.6 Å². The van der Waals surface area contributed by atoms with E-state index in [4.69, 9.17) is 0 Å². The highest BCUT2D eigenvalue weighted by molar-refractivity contribution is 5.80. The minimum Gasteiger partial charge on any atom is -0.360 e. The average molecular weight is 383 g/mol. The van der Waals surface area contributed by atoms with Crippen LogP contribution in [0.5, 0.6) is 0 Å². The number of hydrogen-bond donors (Lipinski definition) is 2. The van der Waals surface area contributed by atoms with Crippen LogP contribution in [0.4, 0.5) is 10.1 Å². The fourth-order valence-electron chi connectivity index (χ4n) is 4.52. The van der Waals surface area contributed by atoms with Gasteiger partial charge in [-0.15, -0.1) is 0 Å². The van der Waals surface area contributed by atoms with Crippen LogP contribution in [-0.2, 0) is 11.2 Å². The van der Waals surface area contributed by atoms with E-state index in [9.17, 15) is 9.18 Å². The van der Waals surface area contributed by atoms with Crippen LogP contribution in [0, 0.1) is 5.82 Å². The molecule has 0 unspecified atom stereocenters. The number of carbonyl (C=O) groups is 1. The Kier molecular flexibility index (Phi) is 5.62. The van der Waals surface area contributed by atoms with Gasteiger partial charge in [-0.05, 0) is 61.6 Å². The van der Waals surface area contributed by atoms with Crippen LogP contribution in [0.3, 0.4) is 0 Å². The van der Waals surface area contributed by atoms with Crippen molar-refractivity contribution in [3.63, 3.8) is 0 Å². The Balaban J connectivity index is 1.33. The standard InChI is InChI=1S/C23H28FN3O/c1-17(23(28)25-22-8-4-6-18-5-2-3-7-21(18)22)26-13-15-27(16-14-26)20-11-9-19(24)10-12-20/h2-3,5,7,9-12,17,22H,4,6,8,13-16H2,1H3,(H,25,28)/p+1/t17-,22-/m0/s1. The topological polar surface area (TPSA) is 36.8 Å². The van der Waals surface area contributed by atoms with Crippen molar-refractivity contribution in [3.8, 4) is 0 Å². The lowest BCUT2D eigenvalue weighted by Crippen LogP contribution is -3.19. The largest absolute Gasteiger partial charge is 0.360 e. The molecule has 0 radical (unpaired) electrons. The maximum absolute atomic E-state index is 13.1. The number of hydrogen-bond acceptors (Lipinski definition) is 2. The summed E-state index contributed by atoms with van der Waals surface area (Å²) in [5, 5.41) is 3.31. The van der Waals surface area contributed by atoms with Gasteiger partial charge in [-0.1, -0.05) is 24.3 Å². The molecule has 28 heavy (non-hydrogen) atoms. The lowest BCUT2D eigenvalue weighted by Gasteiger charge is -2.36. The van der Waals surface area contributed by atoms with Gasteiger partial charge < -0.3 is 15.1 Å². The second kappa shape index (κ2) is 8.31. The highest BCUT2D eigenvalue weighted by Gasteiger charge is 2.31. The van der Waals surface area contributed by atoms with Crippen molar-refractivity contribution in [1.82, 2.24) is 5.32 Å². The Labute approximate surface area is 166 Å².